The van der Waals surface area contributed by atoms with Gasteiger partial charge in [-0.15, -0.1) is 0 Å². The number of rotatable bonds is 8. The van der Waals surface area contributed by atoms with Crippen molar-refractivity contribution in [1.82, 2.24) is 4.72 Å². The zero-order valence-corrected chi connectivity index (χ0v) is 17.2. The maximum absolute atomic E-state index is 11.5. The quantitative estimate of drug-likeness (QED) is 0.136. The van der Waals surface area contributed by atoms with E-state index in [4.69, 9.17) is 18.6 Å². The Bertz CT molecular complexity index is 878. The van der Waals surface area contributed by atoms with Gasteiger partial charge in [-0.1, -0.05) is 0 Å². The Hall–Kier alpha value is -1.11. The number of aliphatic carboxylic acids is 1. The topological polar surface area (TPSA) is 296 Å². The summed E-state index contributed by atoms with van der Waals surface area (Å²) in [5, 5.41) is 58.7. The molecule has 32 heavy (non-hydrogen) atoms. The first kappa shape index (κ1) is 27.1. The van der Waals surface area contributed by atoms with Crippen molar-refractivity contribution in [1.29, 1.82) is 0 Å². The van der Waals surface area contributed by atoms with Crippen LogP contribution in [0, 0.1) is 0 Å². The average molecular weight is 515 g/mol. The minimum Gasteiger partial charge on any atom is -0.479 e. The zero-order chi connectivity index (χ0) is 24.6. The summed E-state index contributed by atoms with van der Waals surface area (Å²) in [6.45, 7) is -0.962. The third-order valence-corrected chi connectivity index (χ3v) is 5.51. The van der Waals surface area contributed by atoms with Crippen molar-refractivity contribution in [2.45, 2.75) is 61.3 Å². The molecule has 10 atom stereocenters. The van der Waals surface area contributed by atoms with Gasteiger partial charge in [-0.25, -0.2) is 8.98 Å². The van der Waals surface area contributed by atoms with Gasteiger partial charge >= 0.3 is 26.7 Å². The normalized spacial score (nSPS) is 41.3. The molecule has 2 aliphatic rings. The number of ether oxygens (including phenoxy) is 3. The van der Waals surface area contributed by atoms with E-state index in [-0.39, 0.29) is 0 Å². The van der Waals surface area contributed by atoms with Crippen molar-refractivity contribution in [3.05, 3.63) is 0 Å². The fourth-order valence-corrected chi connectivity index (χ4v) is 4.17. The predicted molar refractivity (Wildman–Crippen MR) is 92.0 cm³/mol. The summed E-state index contributed by atoms with van der Waals surface area (Å²) >= 11 is 0. The second-order valence-electron chi connectivity index (χ2n) is 6.69. The SMILES string of the molecule is O=C(O)[C@@H]1O[C@@H](O)[C@H](OS(=O)(=O)O)[C@@H](O)[C@@H]1O[C@H]1O[C@H](CO)[C@@H](O)[C@H](O)[C@H]1NS(=O)(=O)O. The van der Waals surface area contributed by atoms with Crippen LogP contribution in [0.2, 0.25) is 0 Å². The number of carboxylic acids is 1. The predicted octanol–water partition coefficient (Wildman–Crippen LogP) is -6.08. The molecule has 0 bridgehead atoms. The second-order valence-corrected chi connectivity index (χ2v) is 8.92. The molecule has 0 aliphatic carbocycles. The van der Waals surface area contributed by atoms with E-state index in [1.54, 1.807) is 0 Å². The number of carboxylic acid groups (broad SMARTS) is 1. The molecule has 0 unspecified atom stereocenters. The minimum absolute atomic E-state index is 0.962. The van der Waals surface area contributed by atoms with E-state index in [1.807, 2.05) is 0 Å². The number of aliphatic hydroxyl groups is 5. The number of carbonyl (C=O) groups is 1. The van der Waals surface area contributed by atoms with Crippen molar-refractivity contribution in [3.8, 4) is 0 Å². The largest absolute Gasteiger partial charge is 0.479 e. The maximum atomic E-state index is 11.5. The van der Waals surface area contributed by atoms with Gasteiger partial charge in [0.15, 0.2) is 24.8 Å². The van der Waals surface area contributed by atoms with Gasteiger partial charge in [-0.3, -0.25) is 9.11 Å². The van der Waals surface area contributed by atoms with Crippen molar-refractivity contribution in [2.24, 2.45) is 0 Å². The molecule has 0 saturated carbocycles. The van der Waals surface area contributed by atoms with E-state index in [9.17, 15) is 52.3 Å². The summed E-state index contributed by atoms with van der Waals surface area (Å²) in [6, 6.07) is -2.06. The molecule has 2 heterocycles. The van der Waals surface area contributed by atoms with E-state index < -0.39 is 94.6 Å². The van der Waals surface area contributed by atoms with Crippen LogP contribution in [-0.4, -0.2) is 131 Å². The van der Waals surface area contributed by atoms with E-state index in [2.05, 4.69) is 8.92 Å². The summed E-state index contributed by atoms with van der Waals surface area (Å²) in [7, 11) is -10.4. The van der Waals surface area contributed by atoms with Gasteiger partial charge in [0.05, 0.1) is 6.61 Å². The van der Waals surface area contributed by atoms with Crippen LogP contribution in [0.25, 0.3) is 0 Å². The lowest BCUT2D eigenvalue weighted by atomic mass is 9.96. The minimum atomic E-state index is -5.31. The van der Waals surface area contributed by atoms with Gasteiger partial charge in [0.25, 0.3) is 0 Å². The molecule has 20 heteroatoms. The van der Waals surface area contributed by atoms with Crippen molar-refractivity contribution < 1.29 is 79.8 Å². The van der Waals surface area contributed by atoms with E-state index in [0.717, 1.165) is 0 Å². The molecule has 2 rings (SSSR count). The Labute approximate surface area is 179 Å². The highest BCUT2D eigenvalue weighted by Gasteiger charge is 2.54. The van der Waals surface area contributed by atoms with Crippen molar-refractivity contribution in [2.75, 3.05) is 6.61 Å². The molecule has 9 N–H and O–H groups in total. The summed E-state index contributed by atoms with van der Waals surface area (Å²) in [5.41, 5.74) is 0. The van der Waals surface area contributed by atoms with Gasteiger partial charge < -0.3 is 44.8 Å². The van der Waals surface area contributed by atoms with Crippen molar-refractivity contribution >= 4 is 26.7 Å². The molecule has 0 spiro atoms. The van der Waals surface area contributed by atoms with E-state index in [1.165, 1.54) is 4.72 Å². The van der Waals surface area contributed by atoms with Gasteiger partial charge in [-0.05, 0) is 0 Å². The molecule has 0 radical (unpaired) electrons. The highest BCUT2D eigenvalue weighted by atomic mass is 32.3. The van der Waals surface area contributed by atoms with Crippen LogP contribution in [0.4, 0.5) is 0 Å². The van der Waals surface area contributed by atoms with Gasteiger partial charge in [0.2, 0.25) is 0 Å². The highest BCUT2D eigenvalue weighted by Crippen LogP contribution is 2.30. The molecule has 188 valence electrons. The Morgan fingerprint density at radius 2 is 1.53 bits per heavy atom. The number of hydrogen-bond donors (Lipinski definition) is 9. The molecular weight excluding hydrogens is 494 g/mol. The Morgan fingerprint density at radius 1 is 0.938 bits per heavy atom. The lowest BCUT2D eigenvalue weighted by molar-refractivity contribution is -0.332. The standard InChI is InChI=1S/C12H21NO17S2/c14-1-2-4(15)5(16)3(13-31(21,22)23)12(27-2)29-7-6(17)8(30-32(24,25)26)11(20)28-9(7)10(18)19/h2-9,11-17,20H,1H2,(H,18,19)(H,21,22,23)(H,24,25,26)/t2-,3-,4-,5-,6+,7+,8-,9-,11-,12-/m1/s1. The summed E-state index contributed by atoms with van der Waals surface area (Å²) < 4.78 is 82.5. The summed E-state index contributed by atoms with van der Waals surface area (Å²) in [5.74, 6) is -1.88. The number of hydrogen-bond acceptors (Lipinski definition) is 14. The lowest BCUT2D eigenvalue weighted by Gasteiger charge is -2.46. The molecule has 0 aromatic carbocycles. The Kier molecular flexibility index (Phi) is 8.50. The monoisotopic (exact) mass is 515 g/mol. The first-order chi connectivity index (χ1) is 14.6. The molecule has 2 fully saturated rings. The molecule has 0 aromatic heterocycles. The summed E-state index contributed by atoms with van der Waals surface area (Å²) in [6.07, 6.45) is -19.5. The van der Waals surface area contributed by atoms with Gasteiger partial charge in [0, 0.05) is 0 Å². The Balaban J connectivity index is 2.40. The van der Waals surface area contributed by atoms with Crippen molar-refractivity contribution in [3.63, 3.8) is 0 Å². The third-order valence-electron chi connectivity index (χ3n) is 4.47. The molecule has 2 saturated heterocycles. The first-order valence-corrected chi connectivity index (χ1v) is 11.3. The first-order valence-electron chi connectivity index (χ1n) is 8.48. The van der Waals surface area contributed by atoms with Crippen LogP contribution in [-0.2, 0) is 43.9 Å². The molecular formula is C12H21NO17S2. The third kappa shape index (κ3) is 6.48. The van der Waals surface area contributed by atoms with E-state index in [0.29, 0.717) is 0 Å². The highest BCUT2D eigenvalue weighted by molar-refractivity contribution is 7.83. The lowest BCUT2D eigenvalue weighted by Crippen LogP contribution is -2.68. The maximum Gasteiger partial charge on any atom is 0.397 e. The van der Waals surface area contributed by atoms with Crippen LogP contribution in [0.1, 0.15) is 0 Å². The molecule has 2 aliphatic heterocycles. The van der Waals surface area contributed by atoms with Gasteiger partial charge in [-0.2, -0.15) is 21.6 Å². The smallest absolute Gasteiger partial charge is 0.397 e. The molecule has 0 amide bonds. The zero-order valence-electron chi connectivity index (χ0n) is 15.5. The fraction of sp³-hybridized carbons (Fsp3) is 0.917. The van der Waals surface area contributed by atoms with E-state index >= 15 is 0 Å². The molecule has 0 aromatic rings. The van der Waals surface area contributed by atoms with Crippen LogP contribution in [0.5, 0.6) is 0 Å². The number of nitrogens with one attached hydrogen (secondary N) is 1. The van der Waals surface area contributed by atoms with Gasteiger partial charge in [0.1, 0.15) is 36.6 Å². The van der Waals surface area contributed by atoms with Crippen LogP contribution < -0.4 is 4.72 Å². The molecule has 18 nitrogen and oxygen atoms in total. The van der Waals surface area contributed by atoms with Crippen LogP contribution in [0.15, 0.2) is 0 Å². The van der Waals surface area contributed by atoms with Crippen LogP contribution >= 0.6 is 0 Å². The second kappa shape index (κ2) is 10.0. The van der Waals surface area contributed by atoms with Crippen LogP contribution in [0.3, 0.4) is 0 Å². The summed E-state index contributed by atoms with van der Waals surface area (Å²) in [4.78, 5) is 11.5. The number of aliphatic hydroxyl groups excluding tert-OH is 5. The average Bonchev–Trinajstić information content (AvgIpc) is 2.64. The Morgan fingerprint density at radius 3 is 2.00 bits per heavy atom. The fourth-order valence-electron chi connectivity index (χ4n) is 3.09.